The van der Waals surface area contributed by atoms with Crippen molar-refractivity contribution in [1.29, 1.82) is 0 Å². The number of carbonyl (C=O) groups is 2. The van der Waals surface area contributed by atoms with Crippen LogP contribution in [0.15, 0.2) is 65.2 Å². The van der Waals surface area contributed by atoms with Gasteiger partial charge in [-0.3, -0.25) is 15.0 Å². The topological polar surface area (TPSA) is 90.0 Å². The van der Waals surface area contributed by atoms with E-state index in [1.807, 2.05) is 43.3 Å². The second kappa shape index (κ2) is 9.60. The molecule has 0 bridgehead atoms. The number of aryl methyl sites for hydroxylation is 1. The molecule has 2 amide bonds. The Morgan fingerprint density at radius 1 is 0.941 bits per heavy atom. The fourth-order valence-electron chi connectivity index (χ4n) is 4.02. The van der Waals surface area contributed by atoms with E-state index < -0.39 is 10.0 Å². The number of nitrogens with zero attached hydrogens (tertiary/aromatic N) is 3. The van der Waals surface area contributed by atoms with E-state index >= 15 is 0 Å². The van der Waals surface area contributed by atoms with Crippen LogP contribution in [-0.4, -0.2) is 55.6 Å². The monoisotopic (exact) mass is 482 g/mol. The van der Waals surface area contributed by atoms with Crippen LogP contribution >= 0.6 is 0 Å². The van der Waals surface area contributed by atoms with Crippen LogP contribution in [0.4, 0.5) is 5.69 Å². The molecular formula is C25H30N4O4S. The smallest absolute Gasteiger partial charge is 0.271 e. The molecule has 2 aromatic rings. The Kier molecular flexibility index (Phi) is 6.77. The first-order valence-electron chi connectivity index (χ1n) is 11.4. The number of hydrogen-bond donors (Lipinski definition) is 1. The zero-order valence-electron chi connectivity index (χ0n) is 19.7. The summed E-state index contributed by atoms with van der Waals surface area (Å²) in [5, 5.41) is 1.38. The van der Waals surface area contributed by atoms with Gasteiger partial charge in [-0.15, -0.1) is 0 Å². The van der Waals surface area contributed by atoms with Gasteiger partial charge in [-0.1, -0.05) is 43.7 Å². The summed E-state index contributed by atoms with van der Waals surface area (Å²) in [6.45, 7) is 7.07. The molecule has 1 fully saturated rings. The zero-order chi connectivity index (χ0) is 24.5. The van der Waals surface area contributed by atoms with Crippen LogP contribution in [0.3, 0.4) is 0 Å². The average Bonchev–Trinajstić information content (AvgIpc) is 2.84. The number of carbonyl (C=O) groups excluding carboxylic acids is 2. The third kappa shape index (κ3) is 4.85. The Labute approximate surface area is 200 Å². The van der Waals surface area contributed by atoms with Gasteiger partial charge in [0.25, 0.3) is 5.91 Å². The highest BCUT2D eigenvalue weighted by molar-refractivity contribution is 7.89. The van der Waals surface area contributed by atoms with Crippen LogP contribution in [0.1, 0.15) is 37.3 Å². The Morgan fingerprint density at radius 3 is 2.15 bits per heavy atom. The second-order valence-electron chi connectivity index (χ2n) is 8.92. The summed E-state index contributed by atoms with van der Waals surface area (Å²) in [5.41, 5.74) is 6.08. The number of benzene rings is 2. The molecule has 9 heteroatoms. The number of hydrazine groups is 1. The molecule has 1 saturated heterocycles. The number of nitrogens with one attached hydrogen (secondary N) is 1. The van der Waals surface area contributed by atoms with Crippen molar-refractivity contribution in [2.75, 3.05) is 31.2 Å². The zero-order valence-corrected chi connectivity index (χ0v) is 20.5. The fraction of sp³-hybridized carbons (Fsp3) is 0.360. The number of anilines is 1. The summed E-state index contributed by atoms with van der Waals surface area (Å²) in [6.07, 6.45) is 1.71. The van der Waals surface area contributed by atoms with Gasteiger partial charge in [0.1, 0.15) is 5.70 Å². The molecule has 2 heterocycles. The largest absolute Gasteiger partial charge is 0.335 e. The van der Waals surface area contributed by atoms with E-state index in [1.54, 1.807) is 23.1 Å². The third-order valence-electron chi connectivity index (χ3n) is 6.20. The van der Waals surface area contributed by atoms with Gasteiger partial charge in [0, 0.05) is 32.6 Å². The standard InChI is InChI=1S/C25H30N4O4S/c1-18(2)20-6-10-22(11-7-20)34(32,33)28-16-14-27(15-17-28)25(31)23-12-13-24(30)29(26-23)21-8-4-19(3)5-9-21/h4-12,18,26H,13-17H2,1-3H3. The van der Waals surface area contributed by atoms with Gasteiger partial charge in [-0.2, -0.15) is 4.31 Å². The molecule has 0 radical (unpaired) electrons. The molecule has 0 aromatic heterocycles. The molecule has 0 spiro atoms. The summed E-state index contributed by atoms with van der Waals surface area (Å²) in [6, 6.07) is 14.4. The molecule has 2 aliphatic heterocycles. The van der Waals surface area contributed by atoms with Gasteiger partial charge < -0.3 is 4.90 Å². The van der Waals surface area contributed by atoms with Crippen LogP contribution < -0.4 is 10.4 Å². The lowest BCUT2D eigenvalue weighted by Gasteiger charge is -2.36. The average molecular weight is 483 g/mol. The lowest BCUT2D eigenvalue weighted by Crippen LogP contribution is -2.54. The van der Waals surface area contributed by atoms with Crippen molar-refractivity contribution in [1.82, 2.24) is 14.6 Å². The number of hydrogen-bond acceptors (Lipinski definition) is 5. The quantitative estimate of drug-likeness (QED) is 0.708. The van der Waals surface area contributed by atoms with Crippen molar-refractivity contribution < 1.29 is 18.0 Å². The maximum absolute atomic E-state index is 13.1. The van der Waals surface area contributed by atoms with E-state index in [1.165, 1.54) is 9.31 Å². The normalized spacial score (nSPS) is 17.5. The molecule has 1 N–H and O–H groups in total. The number of rotatable bonds is 5. The SMILES string of the molecule is Cc1ccc(N2NC(C(=O)N3CCN(S(=O)(=O)c4ccc(C(C)C)cc4)CC3)=CCC2=O)cc1. The summed E-state index contributed by atoms with van der Waals surface area (Å²) < 4.78 is 27.5. The molecule has 2 aliphatic rings. The third-order valence-corrected chi connectivity index (χ3v) is 8.11. The first-order chi connectivity index (χ1) is 16.2. The first-order valence-corrected chi connectivity index (χ1v) is 12.9. The van der Waals surface area contributed by atoms with E-state index in [9.17, 15) is 18.0 Å². The molecule has 0 saturated carbocycles. The number of piperazine rings is 1. The predicted octanol–water partition coefficient (Wildman–Crippen LogP) is 2.78. The Morgan fingerprint density at radius 2 is 1.56 bits per heavy atom. The first kappa shape index (κ1) is 24.0. The van der Waals surface area contributed by atoms with Crippen LogP contribution in [0.25, 0.3) is 0 Å². The van der Waals surface area contributed by atoms with Crippen LogP contribution in [0.2, 0.25) is 0 Å². The maximum Gasteiger partial charge on any atom is 0.271 e. The van der Waals surface area contributed by atoms with E-state index in [0.717, 1.165) is 11.1 Å². The Bertz CT molecular complexity index is 1200. The van der Waals surface area contributed by atoms with Crippen LogP contribution in [-0.2, 0) is 19.6 Å². The van der Waals surface area contributed by atoms with Gasteiger partial charge >= 0.3 is 0 Å². The molecule has 0 atom stereocenters. The van der Waals surface area contributed by atoms with Gasteiger partial charge in [0.15, 0.2) is 0 Å². The summed E-state index contributed by atoms with van der Waals surface area (Å²) >= 11 is 0. The van der Waals surface area contributed by atoms with Gasteiger partial charge in [-0.05, 0) is 48.7 Å². The molecule has 8 nitrogen and oxygen atoms in total. The van der Waals surface area contributed by atoms with Crippen molar-refractivity contribution in [3.8, 4) is 0 Å². The Balaban J connectivity index is 1.40. The lowest BCUT2D eigenvalue weighted by atomic mass is 10.0. The lowest BCUT2D eigenvalue weighted by molar-refractivity contribution is -0.129. The van der Waals surface area contributed by atoms with Gasteiger partial charge in [0.05, 0.1) is 10.6 Å². The molecule has 0 aliphatic carbocycles. The van der Waals surface area contributed by atoms with Gasteiger partial charge in [0.2, 0.25) is 15.9 Å². The second-order valence-corrected chi connectivity index (χ2v) is 10.9. The fourth-order valence-corrected chi connectivity index (χ4v) is 5.44. The summed E-state index contributed by atoms with van der Waals surface area (Å²) in [7, 11) is -3.62. The highest BCUT2D eigenvalue weighted by Gasteiger charge is 2.33. The van der Waals surface area contributed by atoms with Crippen LogP contribution in [0, 0.1) is 6.92 Å². The van der Waals surface area contributed by atoms with Crippen molar-refractivity contribution in [3.05, 3.63) is 71.4 Å². The minimum absolute atomic E-state index is 0.114. The van der Waals surface area contributed by atoms with Crippen LogP contribution in [0.5, 0.6) is 0 Å². The van der Waals surface area contributed by atoms with E-state index in [-0.39, 0.29) is 49.3 Å². The molecule has 34 heavy (non-hydrogen) atoms. The van der Waals surface area contributed by atoms with Crippen molar-refractivity contribution in [3.63, 3.8) is 0 Å². The number of sulfonamides is 1. The summed E-state index contributed by atoms with van der Waals surface area (Å²) in [4.78, 5) is 27.4. The van der Waals surface area contributed by atoms with E-state index in [0.29, 0.717) is 17.3 Å². The molecular weight excluding hydrogens is 452 g/mol. The Hall–Kier alpha value is -3.17. The van der Waals surface area contributed by atoms with Crippen molar-refractivity contribution in [2.45, 2.75) is 38.0 Å². The highest BCUT2D eigenvalue weighted by Crippen LogP contribution is 2.23. The molecule has 4 rings (SSSR count). The van der Waals surface area contributed by atoms with Crippen molar-refractivity contribution >= 4 is 27.5 Å². The van der Waals surface area contributed by atoms with Crippen molar-refractivity contribution in [2.24, 2.45) is 0 Å². The summed E-state index contributed by atoms with van der Waals surface area (Å²) in [5.74, 6) is -0.0750. The predicted molar refractivity (Wildman–Crippen MR) is 130 cm³/mol. The van der Waals surface area contributed by atoms with Gasteiger partial charge in [-0.25, -0.2) is 13.4 Å². The molecule has 0 unspecified atom stereocenters. The minimum atomic E-state index is -3.62. The molecule has 180 valence electrons. The van der Waals surface area contributed by atoms with E-state index in [4.69, 9.17) is 0 Å². The number of amides is 2. The maximum atomic E-state index is 13.1. The highest BCUT2D eigenvalue weighted by atomic mass is 32.2. The molecule has 2 aromatic carbocycles. The minimum Gasteiger partial charge on any atom is -0.335 e. The van der Waals surface area contributed by atoms with E-state index in [2.05, 4.69) is 19.3 Å².